The summed E-state index contributed by atoms with van der Waals surface area (Å²) >= 11 is 0. The van der Waals surface area contributed by atoms with Gasteiger partial charge in [0.15, 0.2) is 0 Å². The van der Waals surface area contributed by atoms with Gasteiger partial charge >= 0.3 is 0 Å². The molecule has 0 saturated heterocycles. The van der Waals surface area contributed by atoms with Gasteiger partial charge in [0.2, 0.25) is 0 Å². The van der Waals surface area contributed by atoms with Crippen LogP contribution < -0.4 is 10.6 Å². The highest BCUT2D eigenvalue weighted by molar-refractivity contribution is 5.48. The van der Waals surface area contributed by atoms with Crippen molar-refractivity contribution in [3.05, 3.63) is 65.2 Å². The fourth-order valence-electron chi connectivity index (χ4n) is 2.77. The van der Waals surface area contributed by atoms with Gasteiger partial charge in [-0.15, -0.1) is 0 Å². The number of anilines is 1. The van der Waals surface area contributed by atoms with E-state index in [4.69, 9.17) is 0 Å². The SMILES string of the molecule is OCc1cccc(NC2CCNCc3ccccc32)c1. The second kappa shape index (κ2) is 6.07. The molecule has 1 heterocycles. The molecular formula is C17H20N2O. The molecule has 0 spiro atoms. The molecule has 1 aliphatic heterocycles. The van der Waals surface area contributed by atoms with Gasteiger partial charge in [-0.2, -0.15) is 0 Å². The summed E-state index contributed by atoms with van der Waals surface area (Å²) in [4.78, 5) is 0. The number of hydrogen-bond acceptors (Lipinski definition) is 3. The van der Waals surface area contributed by atoms with Crippen molar-refractivity contribution in [1.29, 1.82) is 0 Å². The van der Waals surface area contributed by atoms with Crippen LogP contribution in [0.3, 0.4) is 0 Å². The molecule has 0 fully saturated rings. The Balaban J connectivity index is 1.86. The average Bonchev–Trinajstić information content (AvgIpc) is 2.70. The number of benzene rings is 2. The van der Waals surface area contributed by atoms with Gasteiger partial charge < -0.3 is 15.7 Å². The molecule has 20 heavy (non-hydrogen) atoms. The molecule has 3 rings (SSSR count). The maximum atomic E-state index is 9.23. The largest absolute Gasteiger partial charge is 0.392 e. The van der Waals surface area contributed by atoms with Crippen molar-refractivity contribution in [3.63, 3.8) is 0 Å². The summed E-state index contributed by atoms with van der Waals surface area (Å²) in [5.41, 5.74) is 4.74. The molecule has 3 heteroatoms. The highest BCUT2D eigenvalue weighted by Gasteiger charge is 2.17. The van der Waals surface area contributed by atoms with E-state index in [0.717, 1.165) is 30.8 Å². The van der Waals surface area contributed by atoms with Crippen LogP contribution >= 0.6 is 0 Å². The molecule has 0 amide bonds. The Hall–Kier alpha value is -1.84. The topological polar surface area (TPSA) is 44.3 Å². The predicted molar refractivity (Wildman–Crippen MR) is 81.5 cm³/mol. The minimum atomic E-state index is 0.0817. The van der Waals surface area contributed by atoms with Crippen molar-refractivity contribution >= 4 is 5.69 Å². The molecule has 0 bridgehead atoms. The van der Waals surface area contributed by atoms with Gasteiger partial charge in [0.1, 0.15) is 0 Å². The molecule has 3 N–H and O–H groups in total. The van der Waals surface area contributed by atoms with Gasteiger partial charge in [0.05, 0.1) is 12.6 Å². The van der Waals surface area contributed by atoms with Gasteiger partial charge in [0, 0.05) is 12.2 Å². The van der Waals surface area contributed by atoms with E-state index >= 15 is 0 Å². The molecule has 0 radical (unpaired) electrons. The summed E-state index contributed by atoms with van der Waals surface area (Å²) in [6, 6.07) is 16.9. The average molecular weight is 268 g/mol. The number of nitrogens with one attached hydrogen (secondary N) is 2. The second-order valence-corrected chi connectivity index (χ2v) is 5.22. The van der Waals surface area contributed by atoms with E-state index in [-0.39, 0.29) is 6.61 Å². The van der Waals surface area contributed by atoms with Gasteiger partial charge in [-0.1, -0.05) is 36.4 Å². The van der Waals surface area contributed by atoms with E-state index in [9.17, 15) is 5.11 Å². The standard InChI is InChI=1S/C17H20N2O/c20-12-13-4-3-6-15(10-13)19-17-8-9-18-11-14-5-1-2-7-16(14)17/h1-7,10,17-20H,8-9,11-12H2. The molecule has 1 atom stereocenters. The van der Waals surface area contributed by atoms with Crippen molar-refractivity contribution in [2.75, 3.05) is 11.9 Å². The molecule has 104 valence electrons. The molecule has 0 saturated carbocycles. The Labute approximate surface area is 119 Å². The summed E-state index contributed by atoms with van der Waals surface area (Å²) in [6.07, 6.45) is 1.06. The summed E-state index contributed by atoms with van der Waals surface area (Å²) in [7, 11) is 0. The van der Waals surface area contributed by atoms with Crippen LogP contribution in [0.25, 0.3) is 0 Å². The third-order valence-electron chi connectivity index (χ3n) is 3.81. The number of aliphatic hydroxyl groups excluding tert-OH is 1. The first-order chi connectivity index (χ1) is 9.86. The Kier molecular flexibility index (Phi) is 4.00. The fraction of sp³-hybridized carbons (Fsp3) is 0.294. The third kappa shape index (κ3) is 2.84. The molecule has 0 aliphatic carbocycles. The Bertz CT molecular complexity index is 583. The maximum absolute atomic E-state index is 9.23. The monoisotopic (exact) mass is 268 g/mol. The molecular weight excluding hydrogens is 248 g/mol. The number of fused-ring (bicyclic) bond motifs is 1. The summed E-state index contributed by atoms with van der Waals surface area (Å²) in [6.45, 7) is 2.02. The first kappa shape index (κ1) is 13.2. The van der Waals surface area contributed by atoms with E-state index < -0.39 is 0 Å². The predicted octanol–water partition coefficient (Wildman–Crippen LogP) is 2.83. The highest BCUT2D eigenvalue weighted by Crippen LogP contribution is 2.27. The van der Waals surface area contributed by atoms with Crippen LogP contribution in [0.1, 0.15) is 29.2 Å². The minimum absolute atomic E-state index is 0.0817. The van der Waals surface area contributed by atoms with Crippen LogP contribution in [0.4, 0.5) is 5.69 Å². The minimum Gasteiger partial charge on any atom is -0.392 e. The molecule has 1 unspecified atom stereocenters. The second-order valence-electron chi connectivity index (χ2n) is 5.22. The van der Waals surface area contributed by atoms with Crippen molar-refractivity contribution in [1.82, 2.24) is 5.32 Å². The molecule has 2 aromatic rings. The van der Waals surface area contributed by atoms with E-state index in [1.807, 2.05) is 18.2 Å². The van der Waals surface area contributed by atoms with Crippen LogP contribution in [0.5, 0.6) is 0 Å². The Morgan fingerprint density at radius 2 is 2.05 bits per heavy atom. The first-order valence-electron chi connectivity index (χ1n) is 7.11. The van der Waals surface area contributed by atoms with Gasteiger partial charge in [-0.05, 0) is 41.8 Å². The smallest absolute Gasteiger partial charge is 0.0682 e. The quantitative estimate of drug-likeness (QED) is 0.802. The van der Waals surface area contributed by atoms with E-state index in [1.54, 1.807) is 0 Å². The third-order valence-corrected chi connectivity index (χ3v) is 3.81. The lowest BCUT2D eigenvalue weighted by molar-refractivity contribution is 0.282. The molecule has 3 nitrogen and oxygen atoms in total. The van der Waals surface area contributed by atoms with Crippen LogP contribution in [-0.4, -0.2) is 11.7 Å². The lowest BCUT2D eigenvalue weighted by atomic mass is 9.99. The lowest BCUT2D eigenvalue weighted by Crippen LogP contribution is -2.15. The number of aliphatic hydroxyl groups is 1. The van der Waals surface area contributed by atoms with Gasteiger partial charge in [0.25, 0.3) is 0 Å². The van der Waals surface area contributed by atoms with Crippen molar-refractivity contribution in [3.8, 4) is 0 Å². The summed E-state index contributed by atoms with van der Waals surface area (Å²) in [5.74, 6) is 0. The number of hydrogen-bond donors (Lipinski definition) is 3. The van der Waals surface area contributed by atoms with Crippen molar-refractivity contribution < 1.29 is 5.11 Å². The van der Waals surface area contributed by atoms with E-state index in [2.05, 4.69) is 41.0 Å². The zero-order valence-electron chi connectivity index (χ0n) is 11.5. The zero-order valence-corrected chi connectivity index (χ0v) is 11.5. The normalized spacial score (nSPS) is 18.1. The van der Waals surface area contributed by atoms with E-state index in [1.165, 1.54) is 11.1 Å². The van der Waals surface area contributed by atoms with Gasteiger partial charge in [-0.25, -0.2) is 0 Å². The maximum Gasteiger partial charge on any atom is 0.0682 e. The fourth-order valence-corrected chi connectivity index (χ4v) is 2.77. The molecule has 0 aromatic heterocycles. The summed E-state index contributed by atoms with van der Waals surface area (Å²) in [5, 5.41) is 16.3. The molecule has 2 aromatic carbocycles. The zero-order chi connectivity index (χ0) is 13.8. The number of rotatable bonds is 3. The van der Waals surface area contributed by atoms with Gasteiger partial charge in [-0.3, -0.25) is 0 Å². The van der Waals surface area contributed by atoms with E-state index in [0.29, 0.717) is 6.04 Å². The Morgan fingerprint density at radius 1 is 1.15 bits per heavy atom. The van der Waals surface area contributed by atoms with Crippen LogP contribution in [-0.2, 0) is 13.2 Å². The lowest BCUT2D eigenvalue weighted by Gasteiger charge is -2.20. The van der Waals surface area contributed by atoms with Crippen molar-refractivity contribution in [2.24, 2.45) is 0 Å². The Morgan fingerprint density at radius 3 is 2.95 bits per heavy atom. The summed E-state index contributed by atoms with van der Waals surface area (Å²) < 4.78 is 0. The highest BCUT2D eigenvalue weighted by atomic mass is 16.3. The van der Waals surface area contributed by atoms with Crippen LogP contribution in [0, 0.1) is 0 Å². The van der Waals surface area contributed by atoms with Crippen LogP contribution in [0.15, 0.2) is 48.5 Å². The molecule has 1 aliphatic rings. The van der Waals surface area contributed by atoms with Crippen molar-refractivity contribution in [2.45, 2.75) is 25.6 Å². The van der Waals surface area contributed by atoms with Crippen LogP contribution in [0.2, 0.25) is 0 Å². The first-order valence-corrected chi connectivity index (χ1v) is 7.11.